The molecule has 2 heterocycles. The van der Waals surface area contributed by atoms with Gasteiger partial charge in [-0.05, 0) is 26.3 Å². The van der Waals surface area contributed by atoms with Crippen LogP contribution in [0.1, 0.15) is 17.0 Å². The van der Waals surface area contributed by atoms with Crippen LogP contribution in [0.15, 0.2) is 35.7 Å². The highest BCUT2D eigenvalue weighted by Crippen LogP contribution is 2.25. The molecule has 96 valence electrons. The van der Waals surface area contributed by atoms with Crippen molar-refractivity contribution in [1.82, 2.24) is 14.8 Å². The number of hydrogen-bond acceptors (Lipinski definition) is 3. The van der Waals surface area contributed by atoms with Gasteiger partial charge < -0.3 is 0 Å². The topological polar surface area (TPSA) is 30.7 Å². The van der Waals surface area contributed by atoms with Crippen molar-refractivity contribution in [1.29, 1.82) is 0 Å². The van der Waals surface area contributed by atoms with Gasteiger partial charge >= 0.3 is 0 Å². The number of thiazole rings is 1. The average molecular weight is 269 g/mol. The highest BCUT2D eigenvalue weighted by molar-refractivity contribution is 7.12. The van der Waals surface area contributed by atoms with E-state index in [1.54, 1.807) is 11.3 Å². The molecule has 0 amide bonds. The summed E-state index contributed by atoms with van der Waals surface area (Å²) in [6.07, 6.45) is 0. The molecule has 0 unspecified atom stereocenters. The van der Waals surface area contributed by atoms with Crippen LogP contribution in [-0.4, -0.2) is 14.8 Å². The van der Waals surface area contributed by atoms with E-state index in [4.69, 9.17) is 0 Å². The van der Waals surface area contributed by atoms with E-state index >= 15 is 0 Å². The standard InChI is InChI=1S/C15H15N3S/c1-10-11(2)17-18(12(10)3)15-16-14(9-19-15)13-7-5-4-6-8-13/h4-9H,1-3H3. The Kier molecular flexibility index (Phi) is 2.95. The van der Waals surface area contributed by atoms with E-state index < -0.39 is 0 Å². The van der Waals surface area contributed by atoms with Crippen LogP contribution in [0.5, 0.6) is 0 Å². The Balaban J connectivity index is 2.04. The minimum absolute atomic E-state index is 0.924. The van der Waals surface area contributed by atoms with Gasteiger partial charge in [-0.15, -0.1) is 11.3 Å². The number of benzene rings is 1. The van der Waals surface area contributed by atoms with E-state index in [0.717, 1.165) is 27.8 Å². The summed E-state index contributed by atoms with van der Waals surface area (Å²) in [5.41, 5.74) is 5.60. The Hall–Kier alpha value is -1.94. The monoisotopic (exact) mass is 269 g/mol. The van der Waals surface area contributed by atoms with Crippen LogP contribution in [0.25, 0.3) is 16.4 Å². The van der Waals surface area contributed by atoms with Gasteiger partial charge in [0.2, 0.25) is 5.13 Å². The van der Waals surface area contributed by atoms with Crippen molar-refractivity contribution in [3.8, 4) is 16.4 Å². The fourth-order valence-electron chi connectivity index (χ4n) is 2.01. The third-order valence-corrected chi connectivity index (χ3v) is 4.21. The number of rotatable bonds is 2. The maximum Gasteiger partial charge on any atom is 0.211 e. The first-order valence-electron chi connectivity index (χ1n) is 6.21. The number of nitrogens with zero attached hydrogens (tertiary/aromatic N) is 3. The van der Waals surface area contributed by atoms with Crippen LogP contribution in [-0.2, 0) is 0 Å². The van der Waals surface area contributed by atoms with Gasteiger partial charge in [0, 0.05) is 16.6 Å². The molecule has 0 fully saturated rings. The second kappa shape index (κ2) is 4.63. The van der Waals surface area contributed by atoms with Crippen LogP contribution in [0.2, 0.25) is 0 Å². The van der Waals surface area contributed by atoms with Gasteiger partial charge in [0.25, 0.3) is 0 Å². The molecule has 0 aliphatic heterocycles. The van der Waals surface area contributed by atoms with E-state index in [9.17, 15) is 0 Å². The van der Waals surface area contributed by atoms with Crippen LogP contribution in [0.4, 0.5) is 0 Å². The molecular weight excluding hydrogens is 254 g/mol. The van der Waals surface area contributed by atoms with Crippen molar-refractivity contribution in [2.75, 3.05) is 0 Å². The maximum atomic E-state index is 4.68. The van der Waals surface area contributed by atoms with Crippen molar-refractivity contribution in [2.45, 2.75) is 20.8 Å². The van der Waals surface area contributed by atoms with Gasteiger partial charge in [-0.2, -0.15) is 5.10 Å². The molecule has 0 aliphatic carbocycles. The quantitative estimate of drug-likeness (QED) is 0.706. The average Bonchev–Trinajstić information content (AvgIpc) is 3.01. The Bertz CT molecular complexity index is 710. The molecule has 0 saturated carbocycles. The zero-order valence-corrected chi connectivity index (χ0v) is 12.0. The molecule has 0 spiro atoms. The molecule has 0 aliphatic rings. The summed E-state index contributed by atoms with van der Waals surface area (Å²) >= 11 is 1.62. The summed E-state index contributed by atoms with van der Waals surface area (Å²) in [7, 11) is 0. The highest BCUT2D eigenvalue weighted by Gasteiger charge is 2.12. The molecule has 0 radical (unpaired) electrons. The van der Waals surface area contributed by atoms with Gasteiger partial charge in [0.15, 0.2) is 0 Å². The van der Waals surface area contributed by atoms with Gasteiger partial charge in [0.05, 0.1) is 11.4 Å². The van der Waals surface area contributed by atoms with Crippen LogP contribution in [0.3, 0.4) is 0 Å². The van der Waals surface area contributed by atoms with E-state index in [0.29, 0.717) is 0 Å². The largest absolute Gasteiger partial charge is 0.218 e. The summed E-state index contributed by atoms with van der Waals surface area (Å²) in [6.45, 7) is 6.21. The zero-order chi connectivity index (χ0) is 13.4. The molecule has 3 rings (SSSR count). The molecular formula is C15H15N3S. The summed E-state index contributed by atoms with van der Waals surface area (Å²) in [4.78, 5) is 4.68. The van der Waals surface area contributed by atoms with E-state index in [-0.39, 0.29) is 0 Å². The minimum atomic E-state index is 0.924. The predicted molar refractivity (Wildman–Crippen MR) is 78.9 cm³/mol. The van der Waals surface area contributed by atoms with Crippen molar-refractivity contribution < 1.29 is 0 Å². The third-order valence-electron chi connectivity index (χ3n) is 3.40. The van der Waals surface area contributed by atoms with Crippen LogP contribution >= 0.6 is 11.3 Å². The molecule has 0 atom stereocenters. The van der Waals surface area contributed by atoms with Crippen LogP contribution < -0.4 is 0 Å². The summed E-state index contributed by atoms with van der Waals surface area (Å²) in [5.74, 6) is 0. The van der Waals surface area contributed by atoms with Crippen molar-refractivity contribution >= 4 is 11.3 Å². The van der Waals surface area contributed by atoms with E-state index in [1.807, 2.05) is 29.8 Å². The van der Waals surface area contributed by atoms with Gasteiger partial charge in [-0.25, -0.2) is 9.67 Å². The summed E-state index contributed by atoms with van der Waals surface area (Å²) in [5, 5.41) is 7.56. The first kappa shape index (κ1) is 12.1. The van der Waals surface area contributed by atoms with Crippen molar-refractivity contribution in [3.05, 3.63) is 52.7 Å². The molecule has 3 aromatic rings. The van der Waals surface area contributed by atoms with Gasteiger partial charge in [0.1, 0.15) is 0 Å². The molecule has 0 saturated heterocycles. The smallest absolute Gasteiger partial charge is 0.211 e. The third kappa shape index (κ3) is 2.08. The fraction of sp³-hybridized carbons (Fsp3) is 0.200. The van der Waals surface area contributed by atoms with Crippen LogP contribution in [0, 0.1) is 20.8 Å². The molecule has 0 bridgehead atoms. The fourth-order valence-corrected chi connectivity index (χ4v) is 2.84. The Morgan fingerprint density at radius 3 is 2.42 bits per heavy atom. The number of aryl methyl sites for hydroxylation is 1. The minimum Gasteiger partial charge on any atom is -0.218 e. The second-order valence-electron chi connectivity index (χ2n) is 4.59. The lowest BCUT2D eigenvalue weighted by Gasteiger charge is -1.99. The Morgan fingerprint density at radius 2 is 1.79 bits per heavy atom. The molecule has 1 aromatic carbocycles. The number of hydrogen-bond donors (Lipinski definition) is 0. The normalized spacial score (nSPS) is 10.9. The molecule has 0 N–H and O–H groups in total. The summed E-state index contributed by atoms with van der Waals surface area (Å²) < 4.78 is 1.93. The van der Waals surface area contributed by atoms with Crippen molar-refractivity contribution in [2.24, 2.45) is 0 Å². The predicted octanol–water partition coefficient (Wildman–Crippen LogP) is 3.92. The number of aromatic nitrogens is 3. The Labute approximate surface area is 116 Å². The van der Waals surface area contributed by atoms with Crippen molar-refractivity contribution in [3.63, 3.8) is 0 Å². The Morgan fingerprint density at radius 1 is 1.05 bits per heavy atom. The van der Waals surface area contributed by atoms with Gasteiger partial charge in [-0.3, -0.25) is 0 Å². The SMILES string of the molecule is Cc1nn(-c2nc(-c3ccccc3)cs2)c(C)c1C. The molecule has 4 heteroatoms. The first-order chi connectivity index (χ1) is 9.16. The lowest BCUT2D eigenvalue weighted by molar-refractivity contribution is 0.825. The molecule has 2 aromatic heterocycles. The lowest BCUT2D eigenvalue weighted by Crippen LogP contribution is -1.98. The summed E-state index contributed by atoms with van der Waals surface area (Å²) in [6, 6.07) is 10.2. The first-order valence-corrected chi connectivity index (χ1v) is 7.09. The highest BCUT2D eigenvalue weighted by atomic mass is 32.1. The zero-order valence-electron chi connectivity index (χ0n) is 11.2. The van der Waals surface area contributed by atoms with Gasteiger partial charge in [-0.1, -0.05) is 30.3 Å². The molecule has 19 heavy (non-hydrogen) atoms. The van der Waals surface area contributed by atoms with E-state index in [2.05, 4.69) is 41.4 Å². The van der Waals surface area contributed by atoms with E-state index in [1.165, 1.54) is 5.56 Å². The second-order valence-corrected chi connectivity index (χ2v) is 5.43. The molecule has 3 nitrogen and oxygen atoms in total. The lowest BCUT2D eigenvalue weighted by atomic mass is 10.2. The maximum absolute atomic E-state index is 4.68.